The summed E-state index contributed by atoms with van der Waals surface area (Å²) in [5, 5.41) is 9.60. The van der Waals surface area contributed by atoms with Crippen molar-refractivity contribution >= 4 is 40.7 Å². The quantitative estimate of drug-likeness (QED) is 0.873. The fourth-order valence-electron chi connectivity index (χ4n) is 2.19. The number of aromatic nitrogens is 3. The van der Waals surface area contributed by atoms with Crippen LogP contribution in [0.15, 0.2) is 23.5 Å². The average molecular weight is 295 g/mol. The van der Waals surface area contributed by atoms with E-state index < -0.39 is 5.97 Å². The smallest absolute Gasteiger partial charge is 0.313 e. The zero-order chi connectivity index (χ0) is 13.2. The lowest BCUT2D eigenvalue weighted by molar-refractivity contribution is -0.133. The van der Waals surface area contributed by atoms with Crippen molar-refractivity contribution in [3.8, 4) is 0 Å². The fourth-order valence-corrected chi connectivity index (χ4v) is 4.18. The molecule has 7 heteroatoms. The molecule has 0 amide bonds. The van der Waals surface area contributed by atoms with Gasteiger partial charge in [-0.1, -0.05) is 11.8 Å². The van der Waals surface area contributed by atoms with Gasteiger partial charge in [0.25, 0.3) is 0 Å². The minimum absolute atomic E-state index is 0.0309. The molecule has 1 saturated heterocycles. The maximum Gasteiger partial charge on any atom is 0.313 e. The van der Waals surface area contributed by atoms with Gasteiger partial charge in [-0.2, -0.15) is 11.8 Å². The first kappa shape index (κ1) is 12.8. The molecule has 1 aliphatic rings. The standard InChI is InChI=1S/C12H13N3O2S2/c16-10(17)7-19-12-14-9-2-1-4-13-11(9)15(12)8-3-5-18-6-8/h1-2,4,8H,3,5-7H2,(H,16,17). The molecule has 0 bridgehead atoms. The molecule has 1 unspecified atom stereocenters. The highest BCUT2D eigenvalue weighted by Crippen LogP contribution is 2.34. The van der Waals surface area contributed by atoms with E-state index in [0.717, 1.165) is 34.2 Å². The summed E-state index contributed by atoms with van der Waals surface area (Å²) in [5.41, 5.74) is 1.70. The predicted octanol–water partition coefficient (Wildman–Crippen LogP) is 2.29. The molecular formula is C12H13N3O2S2. The van der Waals surface area contributed by atoms with Gasteiger partial charge in [-0.3, -0.25) is 9.36 Å². The maximum atomic E-state index is 10.7. The number of carboxylic acids is 1. The summed E-state index contributed by atoms with van der Waals surface area (Å²) in [5.74, 6) is 1.39. The number of carbonyl (C=O) groups is 1. The van der Waals surface area contributed by atoms with Crippen molar-refractivity contribution in [3.63, 3.8) is 0 Å². The molecule has 0 radical (unpaired) electrons. The molecule has 0 spiro atoms. The Hall–Kier alpha value is -1.21. The molecule has 0 aromatic carbocycles. The molecule has 1 aliphatic heterocycles. The van der Waals surface area contributed by atoms with Gasteiger partial charge in [0.2, 0.25) is 0 Å². The second kappa shape index (κ2) is 5.42. The number of hydrogen-bond donors (Lipinski definition) is 1. The van der Waals surface area contributed by atoms with Crippen LogP contribution in [-0.4, -0.2) is 42.9 Å². The van der Waals surface area contributed by atoms with Crippen LogP contribution in [0.25, 0.3) is 11.2 Å². The highest BCUT2D eigenvalue weighted by atomic mass is 32.2. The zero-order valence-corrected chi connectivity index (χ0v) is 11.8. The van der Waals surface area contributed by atoms with E-state index in [1.54, 1.807) is 6.20 Å². The van der Waals surface area contributed by atoms with E-state index in [1.807, 2.05) is 23.9 Å². The molecule has 2 aromatic rings. The van der Waals surface area contributed by atoms with Gasteiger partial charge >= 0.3 is 5.97 Å². The number of hydrogen-bond acceptors (Lipinski definition) is 5. The minimum Gasteiger partial charge on any atom is -0.481 e. The first-order chi connectivity index (χ1) is 9.25. The maximum absolute atomic E-state index is 10.7. The number of pyridine rings is 1. The predicted molar refractivity (Wildman–Crippen MR) is 76.9 cm³/mol. The Morgan fingerprint density at radius 3 is 3.26 bits per heavy atom. The Morgan fingerprint density at radius 1 is 1.63 bits per heavy atom. The summed E-state index contributed by atoms with van der Waals surface area (Å²) in [6.45, 7) is 0. The molecule has 3 heterocycles. The molecule has 0 aliphatic carbocycles. The van der Waals surface area contributed by atoms with E-state index in [1.165, 1.54) is 11.8 Å². The zero-order valence-electron chi connectivity index (χ0n) is 10.2. The highest BCUT2D eigenvalue weighted by molar-refractivity contribution is 8.00. The van der Waals surface area contributed by atoms with Crippen molar-refractivity contribution in [2.24, 2.45) is 0 Å². The van der Waals surface area contributed by atoms with Crippen molar-refractivity contribution < 1.29 is 9.90 Å². The summed E-state index contributed by atoms with van der Waals surface area (Å²) in [6.07, 6.45) is 2.85. The molecular weight excluding hydrogens is 282 g/mol. The van der Waals surface area contributed by atoms with E-state index in [4.69, 9.17) is 5.11 Å². The summed E-state index contributed by atoms with van der Waals surface area (Å²) >= 11 is 3.19. The van der Waals surface area contributed by atoms with Crippen LogP contribution in [-0.2, 0) is 4.79 Å². The van der Waals surface area contributed by atoms with Crippen molar-refractivity contribution in [1.29, 1.82) is 0 Å². The van der Waals surface area contributed by atoms with Crippen LogP contribution in [0.3, 0.4) is 0 Å². The van der Waals surface area contributed by atoms with Gasteiger partial charge in [-0.15, -0.1) is 0 Å². The van der Waals surface area contributed by atoms with Crippen molar-refractivity contribution in [2.75, 3.05) is 17.3 Å². The van der Waals surface area contributed by atoms with Crippen molar-refractivity contribution in [3.05, 3.63) is 18.3 Å². The number of thioether (sulfide) groups is 2. The van der Waals surface area contributed by atoms with Crippen LogP contribution < -0.4 is 0 Å². The molecule has 3 rings (SSSR count). The summed E-state index contributed by atoms with van der Waals surface area (Å²) in [4.78, 5) is 19.7. The molecule has 5 nitrogen and oxygen atoms in total. The second-order valence-electron chi connectivity index (χ2n) is 4.31. The molecule has 1 atom stereocenters. The largest absolute Gasteiger partial charge is 0.481 e. The second-order valence-corrected chi connectivity index (χ2v) is 6.40. The average Bonchev–Trinajstić information content (AvgIpc) is 3.02. The monoisotopic (exact) mass is 295 g/mol. The van der Waals surface area contributed by atoms with Gasteiger partial charge in [-0.25, -0.2) is 9.97 Å². The summed E-state index contributed by atoms with van der Waals surface area (Å²) in [6, 6.07) is 4.15. The normalized spacial score (nSPS) is 19.1. The molecule has 100 valence electrons. The topological polar surface area (TPSA) is 68.0 Å². The third-order valence-corrected chi connectivity index (χ3v) is 5.09. The molecule has 1 fully saturated rings. The van der Waals surface area contributed by atoms with Crippen molar-refractivity contribution in [1.82, 2.24) is 14.5 Å². The lowest BCUT2D eigenvalue weighted by Crippen LogP contribution is -2.10. The number of imidazole rings is 1. The highest BCUT2D eigenvalue weighted by Gasteiger charge is 2.24. The number of rotatable bonds is 4. The molecule has 19 heavy (non-hydrogen) atoms. The summed E-state index contributed by atoms with van der Waals surface area (Å²) < 4.78 is 2.11. The Labute approximate surface area is 118 Å². The Kier molecular flexibility index (Phi) is 3.65. The third kappa shape index (κ3) is 2.57. The van der Waals surface area contributed by atoms with E-state index in [9.17, 15) is 4.79 Å². The van der Waals surface area contributed by atoms with Crippen LogP contribution in [0.4, 0.5) is 0 Å². The van der Waals surface area contributed by atoms with Crippen molar-refractivity contribution in [2.45, 2.75) is 17.6 Å². The summed E-state index contributed by atoms with van der Waals surface area (Å²) in [7, 11) is 0. The Bertz CT molecular complexity index is 608. The molecule has 1 N–H and O–H groups in total. The van der Waals surface area contributed by atoms with E-state index in [-0.39, 0.29) is 5.75 Å². The van der Waals surface area contributed by atoms with Gasteiger partial charge in [0.15, 0.2) is 10.8 Å². The van der Waals surface area contributed by atoms with E-state index in [0.29, 0.717) is 6.04 Å². The number of fused-ring (bicyclic) bond motifs is 1. The van der Waals surface area contributed by atoms with Gasteiger partial charge < -0.3 is 5.11 Å². The van der Waals surface area contributed by atoms with Gasteiger partial charge in [0.1, 0.15) is 5.52 Å². The number of carboxylic acid groups (broad SMARTS) is 1. The van der Waals surface area contributed by atoms with Gasteiger partial charge in [0, 0.05) is 18.0 Å². The molecule has 0 saturated carbocycles. The van der Waals surface area contributed by atoms with E-state index in [2.05, 4.69) is 14.5 Å². The van der Waals surface area contributed by atoms with Crippen LogP contribution in [0.5, 0.6) is 0 Å². The van der Waals surface area contributed by atoms with Gasteiger partial charge in [0.05, 0.1) is 5.75 Å². The van der Waals surface area contributed by atoms with E-state index >= 15 is 0 Å². The first-order valence-corrected chi connectivity index (χ1v) is 8.15. The Morgan fingerprint density at radius 2 is 2.53 bits per heavy atom. The lowest BCUT2D eigenvalue weighted by atomic mass is 10.2. The lowest BCUT2D eigenvalue weighted by Gasteiger charge is -2.14. The van der Waals surface area contributed by atoms with Crippen LogP contribution in [0.2, 0.25) is 0 Å². The molecule has 2 aromatic heterocycles. The fraction of sp³-hybridized carbons (Fsp3) is 0.417. The van der Waals surface area contributed by atoms with Crippen LogP contribution >= 0.6 is 23.5 Å². The van der Waals surface area contributed by atoms with Crippen LogP contribution in [0, 0.1) is 0 Å². The Balaban J connectivity index is 2.03. The SMILES string of the molecule is O=C(O)CSc1nc2cccnc2n1C1CCSC1. The third-order valence-electron chi connectivity index (χ3n) is 3.01. The van der Waals surface area contributed by atoms with Crippen LogP contribution in [0.1, 0.15) is 12.5 Å². The minimum atomic E-state index is -0.822. The number of nitrogens with zero attached hydrogens (tertiary/aromatic N) is 3. The first-order valence-electron chi connectivity index (χ1n) is 6.01. The van der Waals surface area contributed by atoms with Gasteiger partial charge in [-0.05, 0) is 24.3 Å². The number of aliphatic carboxylic acids is 1.